The van der Waals surface area contributed by atoms with Gasteiger partial charge in [-0.1, -0.05) is 0 Å². The van der Waals surface area contributed by atoms with Crippen LogP contribution < -0.4 is 5.32 Å². The van der Waals surface area contributed by atoms with Crippen LogP contribution in [0.4, 0.5) is 5.69 Å². The molecule has 0 amide bonds. The standard InChI is InChI=1S/C10H12N2S2/c1-7-10(14-8(2)12-7)5-11-9-3-4-13-6-9/h3-4,6,11H,5H2,1-2H3. The molecule has 2 aromatic heterocycles. The topological polar surface area (TPSA) is 24.9 Å². The van der Waals surface area contributed by atoms with Gasteiger partial charge in [0.1, 0.15) is 0 Å². The maximum absolute atomic E-state index is 4.39. The highest BCUT2D eigenvalue weighted by Crippen LogP contribution is 2.19. The summed E-state index contributed by atoms with van der Waals surface area (Å²) in [6, 6.07) is 2.09. The Morgan fingerprint density at radius 2 is 2.29 bits per heavy atom. The Morgan fingerprint density at radius 3 is 2.86 bits per heavy atom. The minimum atomic E-state index is 0.883. The molecule has 0 spiro atoms. The number of hydrogen-bond acceptors (Lipinski definition) is 4. The van der Waals surface area contributed by atoms with Crippen LogP contribution in [-0.2, 0) is 6.54 Å². The predicted molar refractivity (Wildman–Crippen MR) is 63.2 cm³/mol. The number of anilines is 1. The van der Waals surface area contributed by atoms with E-state index in [1.807, 2.05) is 6.92 Å². The van der Waals surface area contributed by atoms with E-state index in [1.54, 1.807) is 22.7 Å². The fourth-order valence-electron chi connectivity index (χ4n) is 1.28. The Balaban J connectivity index is 2.01. The monoisotopic (exact) mass is 224 g/mol. The van der Waals surface area contributed by atoms with Crippen molar-refractivity contribution in [3.63, 3.8) is 0 Å². The second-order valence-corrected chi connectivity index (χ2v) is 5.17. The average Bonchev–Trinajstić information content (AvgIpc) is 2.72. The molecule has 0 aromatic carbocycles. The maximum Gasteiger partial charge on any atom is 0.0900 e. The van der Waals surface area contributed by atoms with Crippen molar-refractivity contribution in [3.05, 3.63) is 32.4 Å². The van der Waals surface area contributed by atoms with Gasteiger partial charge in [-0.3, -0.25) is 0 Å². The number of aryl methyl sites for hydroxylation is 2. The first-order chi connectivity index (χ1) is 6.75. The van der Waals surface area contributed by atoms with Crippen molar-refractivity contribution in [1.82, 2.24) is 4.98 Å². The largest absolute Gasteiger partial charge is 0.379 e. The molecule has 0 saturated heterocycles. The molecule has 0 aliphatic carbocycles. The van der Waals surface area contributed by atoms with Crippen molar-refractivity contribution in [1.29, 1.82) is 0 Å². The number of nitrogens with one attached hydrogen (secondary N) is 1. The molecule has 1 N–H and O–H groups in total. The molecule has 0 aliphatic rings. The number of hydrogen-bond donors (Lipinski definition) is 1. The zero-order chi connectivity index (χ0) is 9.97. The molecule has 0 aliphatic heterocycles. The van der Waals surface area contributed by atoms with Gasteiger partial charge < -0.3 is 5.32 Å². The summed E-state index contributed by atoms with van der Waals surface area (Å²) in [5, 5.41) is 8.71. The minimum Gasteiger partial charge on any atom is -0.379 e. The van der Waals surface area contributed by atoms with Gasteiger partial charge in [0.2, 0.25) is 0 Å². The van der Waals surface area contributed by atoms with Gasteiger partial charge >= 0.3 is 0 Å². The van der Waals surface area contributed by atoms with Gasteiger partial charge in [0.25, 0.3) is 0 Å². The van der Waals surface area contributed by atoms with Gasteiger partial charge in [-0.2, -0.15) is 11.3 Å². The molecule has 2 nitrogen and oxygen atoms in total. The number of aromatic nitrogens is 1. The molecule has 0 radical (unpaired) electrons. The summed E-state index contributed by atoms with van der Waals surface area (Å²) in [7, 11) is 0. The minimum absolute atomic E-state index is 0.883. The van der Waals surface area contributed by atoms with Gasteiger partial charge in [-0.05, 0) is 25.3 Å². The van der Waals surface area contributed by atoms with E-state index >= 15 is 0 Å². The van der Waals surface area contributed by atoms with Crippen molar-refractivity contribution in [2.45, 2.75) is 20.4 Å². The van der Waals surface area contributed by atoms with Crippen molar-refractivity contribution < 1.29 is 0 Å². The summed E-state index contributed by atoms with van der Waals surface area (Å²) in [4.78, 5) is 5.72. The maximum atomic E-state index is 4.39. The van der Waals surface area contributed by atoms with E-state index in [4.69, 9.17) is 0 Å². The first-order valence-electron chi connectivity index (χ1n) is 4.44. The zero-order valence-corrected chi connectivity index (χ0v) is 9.84. The number of thiazole rings is 1. The van der Waals surface area contributed by atoms with E-state index in [0.717, 1.165) is 17.2 Å². The molecule has 2 heterocycles. The Morgan fingerprint density at radius 1 is 1.43 bits per heavy atom. The van der Waals surface area contributed by atoms with Crippen LogP contribution in [0.5, 0.6) is 0 Å². The summed E-state index contributed by atoms with van der Waals surface area (Å²) >= 11 is 3.48. The van der Waals surface area contributed by atoms with Gasteiger partial charge in [0.05, 0.1) is 17.2 Å². The molecule has 74 valence electrons. The third kappa shape index (κ3) is 2.13. The first-order valence-corrected chi connectivity index (χ1v) is 6.20. The lowest BCUT2D eigenvalue weighted by atomic mass is 10.4. The van der Waals surface area contributed by atoms with Crippen LogP contribution in [-0.4, -0.2) is 4.98 Å². The fraction of sp³-hybridized carbons (Fsp3) is 0.300. The normalized spacial score (nSPS) is 10.4. The predicted octanol–water partition coefficient (Wildman–Crippen LogP) is 3.43. The quantitative estimate of drug-likeness (QED) is 0.864. The summed E-state index contributed by atoms with van der Waals surface area (Å²) in [6.07, 6.45) is 0. The summed E-state index contributed by atoms with van der Waals surface area (Å²) in [6.45, 7) is 4.99. The van der Waals surface area contributed by atoms with Crippen molar-refractivity contribution in [2.75, 3.05) is 5.32 Å². The van der Waals surface area contributed by atoms with Crippen LogP contribution >= 0.6 is 22.7 Å². The zero-order valence-electron chi connectivity index (χ0n) is 8.20. The van der Waals surface area contributed by atoms with Crippen molar-refractivity contribution in [3.8, 4) is 0 Å². The van der Waals surface area contributed by atoms with E-state index < -0.39 is 0 Å². The van der Waals surface area contributed by atoms with Crippen molar-refractivity contribution in [2.24, 2.45) is 0 Å². The Hall–Kier alpha value is -0.870. The number of thiophene rings is 1. The number of nitrogens with zero attached hydrogens (tertiary/aromatic N) is 1. The molecule has 14 heavy (non-hydrogen) atoms. The first kappa shape index (κ1) is 9.68. The third-order valence-electron chi connectivity index (χ3n) is 1.97. The van der Waals surface area contributed by atoms with E-state index in [1.165, 1.54) is 10.6 Å². The lowest BCUT2D eigenvalue weighted by molar-refractivity contribution is 1.11. The highest BCUT2D eigenvalue weighted by molar-refractivity contribution is 7.11. The fourth-order valence-corrected chi connectivity index (χ4v) is 2.77. The van der Waals surface area contributed by atoms with Crippen LogP contribution in [0.1, 0.15) is 15.6 Å². The Kier molecular flexibility index (Phi) is 2.84. The van der Waals surface area contributed by atoms with E-state index in [9.17, 15) is 0 Å². The summed E-state index contributed by atoms with van der Waals surface area (Å²) in [5.74, 6) is 0. The van der Waals surface area contributed by atoms with Crippen LogP contribution in [0.15, 0.2) is 16.8 Å². The highest BCUT2D eigenvalue weighted by atomic mass is 32.1. The smallest absolute Gasteiger partial charge is 0.0900 e. The lowest BCUT2D eigenvalue weighted by Gasteiger charge is -2.01. The Bertz CT molecular complexity index is 404. The van der Waals surface area contributed by atoms with Crippen LogP contribution in [0, 0.1) is 13.8 Å². The molecule has 0 atom stereocenters. The Labute approximate surface area is 91.6 Å². The van der Waals surface area contributed by atoms with Gasteiger partial charge in [0, 0.05) is 15.9 Å². The highest BCUT2D eigenvalue weighted by Gasteiger charge is 2.03. The molecule has 0 bridgehead atoms. The molecule has 2 rings (SSSR count). The van der Waals surface area contributed by atoms with Gasteiger partial charge in [-0.15, -0.1) is 11.3 Å². The molecule has 0 saturated carbocycles. The van der Waals surface area contributed by atoms with E-state index in [0.29, 0.717) is 0 Å². The molecule has 0 unspecified atom stereocenters. The SMILES string of the molecule is Cc1nc(C)c(CNc2ccsc2)s1. The molecule has 0 fully saturated rings. The van der Waals surface area contributed by atoms with Crippen LogP contribution in [0.2, 0.25) is 0 Å². The van der Waals surface area contributed by atoms with E-state index in [-0.39, 0.29) is 0 Å². The molecule has 4 heteroatoms. The van der Waals surface area contributed by atoms with Crippen LogP contribution in [0.3, 0.4) is 0 Å². The molecular formula is C10H12N2S2. The van der Waals surface area contributed by atoms with Gasteiger partial charge in [0.15, 0.2) is 0 Å². The summed E-state index contributed by atoms with van der Waals surface area (Å²) < 4.78 is 0. The van der Waals surface area contributed by atoms with E-state index in [2.05, 4.69) is 34.1 Å². The summed E-state index contributed by atoms with van der Waals surface area (Å²) in [5.41, 5.74) is 2.34. The van der Waals surface area contributed by atoms with Crippen molar-refractivity contribution >= 4 is 28.4 Å². The molecule has 2 aromatic rings. The van der Waals surface area contributed by atoms with Crippen LogP contribution in [0.25, 0.3) is 0 Å². The van der Waals surface area contributed by atoms with Gasteiger partial charge in [-0.25, -0.2) is 4.98 Å². The number of rotatable bonds is 3. The second kappa shape index (κ2) is 4.11. The second-order valence-electron chi connectivity index (χ2n) is 3.11. The third-order valence-corrected chi connectivity index (χ3v) is 3.73. The lowest BCUT2D eigenvalue weighted by Crippen LogP contribution is -1.97. The average molecular weight is 224 g/mol. The molecular weight excluding hydrogens is 212 g/mol.